The summed E-state index contributed by atoms with van der Waals surface area (Å²) in [5, 5.41) is 0. The van der Waals surface area contributed by atoms with Gasteiger partial charge in [0.15, 0.2) is 0 Å². The van der Waals surface area contributed by atoms with Crippen molar-refractivity contribution in [2.24, 2.45) is 0 Å². The van der Waals surface area contributed by atoms with Crippen molar-refractivity contribution >= 4 is 27.5 Å². The second kappa shape index (κ2) is 6.87. The Morgan fingerprint density at radius 3 is 2.19 bits per heavy atom. The molecule has 112 valence electrons. The van der Waals surface area contributed by atoms with Crippen LogP contribution in [-0.4, -0.2) is 21.3 Å². The molecule has 0 saturated carbocycles. The van der Waals surface area contributed by atoms with Gasteiger partial charge in [-0.15, -0.1) is 11.8 Å². The lowest BCUT2D eigenvalue weighted by atomic mass is 10.3. The van der Waals surface area contributed by atoms with Crippen LogP contribution in [0.15, 0.2) is 58.3 Å². The standard InChI is InChI=1S/C15H17NO3S2/c1-3-19-13-6-10-15(11-7-13)21(17,18)16-12-4-8-14(20-2)9-5-12/h4-11,16H,3H2,1-2H3. The summed E-state index contributed by atoms with van der Waals surface area (Å²) in [6, 6.07) is 13.6. The highest BCUT2D eigenvalue weighted by molar-refractivity contribution is 7.98. The van der Waals surface area contributed by atoms with E-state index in [9.17, 15) is 8.42 Å². The first-order valence-corrected chi connectivity index (χ1v) is 9.15. The predicted octanol–water partition coefficient (Wildman–Crippen LogP) is 3.61. The van der Waals surface area contributed by atoms with Gasteiger partial charge in [0.2, 0.25) is 0 Å². The summed E-state index contributed by atoms with van der Waals surface area (Å²) in [7, 11) is -3.58. The molecule has 21 heavy (non-hydrogen) atoms. The van der Waals surface area contributed by atoms with E-state index in [1.54, 1.807) is 36.0 Å². The number of hydrogen-bond acceptors (Lipinski definition) is 4. The van der Waals surface area contributed by atoms with E-state index in [2.05, 4.69) is 4.72 Å². The molecule has 0 amide bonds. The van der Waals surface area contributed by atoms with Crippen LogP contribution in [0.2, 0.25) is 0 Å². The molecule has 0 aliphatic rings. The lowest BCUT2D eigenvalue weighted by Gasteiger charge is -2.09. The summed E-state index contributed by atoms with van der Waals surface area (Å²) < 4.78 is 32.4. The highest BCUT2D eigenvalue weighted by Gasteiger charge is 2.14. The quantitative estimate of drug-likeness (QED) is 0.825. The molecule has 2 aromatic rings. The maximum atomic E-state index is 12.3. The van der Waals surface area contributed by atoms with Gasteiger partial charge in [0.25, 0.3) is 10.0 Å². The molecule has 0 atom stereocenters. The molecule has 0 aliphatic heterocycles. The average molecular weight is 323 g/mol. The van der Waals surface area contributed by atoms with Crippen LogP contribution in [0, 0.1) is 0 Å². The summed E-state index contributed by atoms with van der Waals surface area (Å²) >= 11 is 1.61. The highest BCUT2D eigenvalue weighted by atomic mass is 32.2. The molecular formula is C15H17NO3S2. The lowest BCUT2D eigenvalue weighted by molar-refractivity contribution is 0.340. The van der Waals surface area contributed by atoms with Crippen molar-refractivity contribution in [3.05, 3.63) is 48.5 Å². The first kappa shape index (κ1) is 15.7. The van der Waals surface area contributed by atoms with E-state index in [1.807, 2.05) is 25.3 Å². The fourth-order valence-electron chi connectivity index (χ4n) is 1.75. The molecule has 0 radical (unpaired) electrons. The highest BCUT2D eigenvalue weighted by Crippen LogP contribution is 2.21. The van der Waals surface area contributed by atoms with Crippen LogP contribution in [0.25, 0.3) is 0 Å². The van der Waals surface area contributed by atoms with Gasteiger partial charge in [-0.3, -0.25) is 4.72 Å². The third-order valence-electron chi connectivity index (χ3n) is 2.79. The van der Waals surface area contributed by atoms with E-state index >= 15 is 0 Å². The van der Waals surface area contributed by atoms with Gasteiger partial charge in [0.1, 0.15) is 5.75 Å². The van der Waals surface area contributed by atoms with Crippen LogP contribution < -0.4 is 9.46 Å². The summed E-state index contributed by atoms with van der Waals surface area (Å²) in [6.45, 7) is 2.43. The molecule has 2 aromatic carbocycles. The monoisotopic (exact) mass is 323 g/mol. The molecule has 0 aromatic heterocycles. The van der Waals surface area contributed by atoms with Gasteiger partial charge in [0, 0.05) is 10.6 Å². The zero-order chi connectivity index (χ0) is 15.3. The minimum absolute atomic E-state index is 0.208. The van der Waals surface area contributed by atoms with E-state index in [0.717, 1.165) is 4.90 Å². The van der Waals surface area contributed by atoms with Gasteiger partial charge in [0.05, 0.1) is 11.5 Å². The Hall–Kier alpha value is -1.66. The fourth-order valence-corrected chi connectivity index (χ4v) is 3.22. The predicted molar refractivity (Wildman–Crippen MR) is 86.6 cm³/mol. The minimum Gasteiger partial charge on any atom is -0.494 e. The molecule has 0 aliphatic carbocycles. The zero-order valence-corrected chi connectivity index (χ0v) is 13.5. The first-order valence-electron chi connectivity index (χ1n) is 6.45. The van der Waals surface area contributed by atoms with E-state index < -0.39 is 10.0 Å². The SMILES string of the molecule is CCOc1ccc(S(=O)(=O)Nc2ccc(SC)cc2)cc1. The maximum absolute atomic E-state index is 12.3. The Morgan fingerprint density at radius 1 is 1.05 bits per heavy atom. The molecule has 1 N–H and O–H groups in total. The van der Waals surface area contributed by atoms with Crippen molar-refractivity contribution in [3.8, 4) is 5.75 Å². The van der Waals surface area contributed by atoms with Crippen molar-refractivity contribution in [2.45, 2.75) is 16.7 Å². The first-order chi connectivity index (χ1) is 10.0. The second-order valence-electron chi connectivity index (χ2n) is 4.24. The van der Waals surface area contributed by atoms with Gasteiger partial charge >= 0.3 is 0 Å². The van der Waals surface area contributed by atoms with Crippen molar-refractivity contribution in [3.63, 3.8) is 0 Å². The Labute approximate surface area is 129 Å². The third kappa shape index (κ3) is 4.15. The normalized spacial score (nSPS) is 11.1. The van der Waals surface area contributed by atoms with Crippen LogP contribution in [0.3, 0.4) is 0 Å². The minimum atomic E-state index is -3.58. The second-order valence-corrected chi connectivity index (χ2v) is 6.80. The van der Waals surface area contributed by atoms with Crippen LogP contribution >= 0.6 is 11.8 Å². The summed E-state index contributed by atoms with van der Waals surface area (Å²) in [4.78, 5) is 1.29. The van der Waals surface area contributed by atoms with E-state index in [4.69, 9.17) is 4.74 Å². The maximum Gasteiger partial charge on any atom is 0.261 e. The zero-order valence-electron chi connectivity index (χ0n) is 11.9. The number of benzene rings is 2. The van der Waals surface area contributed by atoms with E-state index in [0.29, 0.717) is 18.0 Å². The third-order valence-corrected chi connectivity index (χ3v) is 4.93. The number of hydrogen-bond donors (Lipinski definition) is 1. The molecule has 0 bridgehead atoms. The van der Waals surface area contributed by atoms with Gasteiger partial charge in [-0.1, -0.05) is 0 Å². The lowest BCUT2D eigenvalue weighted by Crippen LogP contribution is -2.12. The Bertz CT molecular complexity index is 680. The smallest absolute Gasteiger partial charge is 0.261 e. The van der Waals surface area contributed by atoms with E-state index in [-0.39, 0.29) is 4.90 Å². The molecule has 2 rings (SSSR count). The number of anilines is 1. The van der Waals surface area contributed by atoms with E-state index in [1.165, 1.54) is 12.1 Å². The largest absolute Gasteiger partial charge is 0.494 e. The van der Waals surface area contributed by atoms with Gasteiger partial charge in [-0.2, -0.15) is 0 Å². The number of nitrogens with one attached hydrogen (secondary N) is 1. The van der Waals surface area contributed by atoms with Crippen LogP contribution in [0.4, 0.5) is 5.69 Å². The van der Waals surface area contributed by atoms with Crippen molar-refractivity contribution in [2.75, 3.05) is 17.6 Å². The average Bonchev–Trinajstić information content (AvgIpc) is 2.48. The van der Waals surface area contributed by atoms with Crippen LogP contribution in [-0.2, 0) is 10.0 Å². The van der Waals surface area contributed by atoms with Crippen LogP contribution in [0.5, 0.6) is 5.75 Å². The van der Waals surface area contributed by atoms with Gasteiger partial charge in [-0.25, -0.2) is 8.42 Å². The fraction of sp³-hybridized carbons (Fsp3) is 0.200. The molecule has 0 unspecified atom stereocenters. The van der Waals surface area contributed by atoms with Crippen molar-refractivity contribution in [1.29, 1.82) is 0 Å². The summed E-state index contributed by atoms with van der Waals surface area (Å²) in [5.74, 6) is 0.653. The molecule has 4 nitrogen and oxygen atoms in total. The van der Waals surface area contributed by atoms with Gasteiger partial charge < -0.3 is 4.74 Å². The molecule has 0 fully saturated rings. The summed E-state index contributed by atoms with van der Waals surface area (Å²) in [5.41, 5.74) is 0.543. The molecule has 6 heteroatoms. The number of sulfonamides is 1. The molecule has 0 saturated heterocycles. The number of thioether (sulfide) groups is 1. The van der Waals surface area contributed by atoms with Crippen LogP contribution in [0.1, 0.15) is 6.92 Å². The molecule has 0 heterocycles. The molecule has 0 spiro atoms. The van der Waals surface area contributed by atoms with Crippen molar-refractivity contribution < 1.29 is 13.2 Å². The number of rotatable bonds is 6. The Morgan fingerprint density at radius 2 is 1.67 bits per heavy atom. The number of ether oxygens (including phenoxy) is 1. The molecular weight excluding hydrogens is 306 g/mol. The van der Waals surface area contributed by atoms with Gasteiger partial charge in [-0.05, 0) is 61.7 Å². The summed E-state index contributed by atoms with van der Waals surface area (Å²) in [6.07, 6.45) is 1.97. The Kier molecular flexibility index (Phi) is 5.14. The van der Waals surface area contributed by atoms with Crippen molar-refractivity contribution in [1.82, 2.24) is 0 Å². The topological polar surface area (TPSA) is 55.4 Å². The Balaban J connectivity index is 2.16.